The fraction of sp³-hybridized carbons (Fsp3) is 0.308. The van der Waals surface area contributed by atoms with Gasteiger partial charge in [-0.05, 0) is 36.2 Å². The highest BCUT2D eigenvalue weighted by molar-refractivity contribution is 9.10. The van der Waals surface area contributed by atoms with Crippen LogP contribution in [0.25, 0.3) is 0 Å². The van der Waals surface area contributed by atoms with E-state index in [9.17, 15) is 0 Å². The summed E-state index contributed by atoms with van der Waals surface area (Å²) in [6, 6.07) is 7.39. The molecule has 0 amide bonds. The quantitative estimate of drug-likeness (QED) is 0.928. The summed E-state index contributed by atoms with van der Waals surface area (Å²) >= 11 is 9.65. The summed E-state index contributed by atoms with van der Waals surface area (Å²) in [7, 11) is 0. The van der Waals surface area contributed by atoms with Crippen LogP contribution in [0.15, 0.2) is 34.9 Å². The molecule has 1 heterocycles. The molecule has 3 nitrogen and oxygen atoms in total. The molecule has 0 spiro atoms. The maximum Gasteiger partial charge on any atom is 0.0738 e. The van der Waals surface area contributed by atoms with Gasteiger partial charge in [0.1, 0.15) is 0 Å². The Morgan fingerprint density at radius 1 is 1.44 bits per heavy atom. The number of hydrogen-bond donors (Lipinski definition) is 1. The van der Waals surface area contributed by atoms with Gasteiger partial charge in [0.25, 0.3) is 0 Å². The van der Waals surface area contributed by atoms with Crippen LogP contribution in [0.3, 0.4) is 0 Å². The average molecular weight is 329 g/mol. The second-order valence-corrected chi connectivity index (χ2v) is 5.45. The summed E-state index contributed by atoms with van der Waals surface area (Å²) in [5.41, 5.74) is 8.19. The Morgan fingerprint density at radius 3 is 2.94 bits per heavy atom. The minimum atomic E-state index is -0.260. The monoisotopic (exact) mass is 327 g/mol. The number of hydrogen-bond acceptors (Lipinski definition) is 2. The third-order valence-corrected chi connectivity index (χ3v) is 3.63. The largest absolute Gasteiger partial charge is 0.319 e. The Bertz CT molecular complexity index is 539. The number of nitrogens with zero attached hydrogens (tertiary/aromatic N) is 2. The minimum absolute atomic E-state index is 0.260. The van der Waals surface area contributed by atoms with Gasteiger partial charge in [-0.3, -0.25) is 4.68 Å². The van der Waals surface area contributed by atoms with Gasteiger partial charge in [-0.15, -0.1) is 0 Å². The fourth-order valence-electron chi connectivity index (χ4n) is 1.92. The van der Waals surface area contributed by atoms with Gasteiger partial charge in [0, 0.05) is 22.2 Å². The van der Waals surface area contributed by atoms with Crippen LogP contribution in [0, 0.1) is 0 Å². The van der Waals surface area contributed by atoms with Crippen molar-refractivity contribution in [1.29, 1.82) is 0 Å². The van der Waals surface area contributed by atoms with E-state index < -0.39 is 0 Å². The van der Waals surface area contributed by atoms with Crippen molar-refractivity contribution in [1.82, 2.24) is 9.78 Å². The van der Waals surface area contributed by atoms with E-state index in [1.54, 1.807) is 6.20 Å². The number of aryl methyl sites for hydroxylation is 1. The maximum absolute atomic E-state index is 6.30. The highest BCUT2D eigenvalue weighted by Gasteiger charge is 2.16. The molecule has 1 aromatic heterocycles. The Kier molecular flexibility index (Phi) is 4.43. The van der Waals surface area contributed by atoms with Gasteiger partial charge >= 0.3 is 0 Å². The SMILES string of the molecule is CCCn1nccc1C(N)c1cc(Br)ccc1Cl. The smallest absolute Gasteiger partial charge is 0.0738 e. The first kappa shape index (κ1) is 13.6. The van der Waals surface area contributed by atoms with E-state index in [2.05, 4.69) is 28.0 Å². The van der Waals surface area contributed by atoms with Gasteiger partial charge in [-0.1, -0.05) is 34.5 Å². The van der Waals surface area contributed by atoms with Crippen LogP contribution < -0.4 is 5.73 Å². The summed E-state index contributed by atoms with van der Waals surface area (Å²) in [6.07, 6.45) is 2.80. The van der Waals surface area contributed by atoms with E-state index in [4.69, 9.17) is 17.3 Å². The predicted octanol–water partition coefficient (Wildman–Crippen LogP) is 3.76. The molecule has 1 atom stereocenters. The molecule has 0 saturated heterocycles. The lowest BCUT2D eigenvalue weighted by molar-refractivity contribution is 0.560. The van der Waals surface area contributed by atoms with Gasteiger partial charge in [-0.25, -0.2) is 0 Å². The molecule has 0 aliphatic rings. The third-order valence-electron chi connectivity index (χ3n) is 2.80. The first-order valence-electron chi connectivity index (χ1n) is 5.85. The van der Waals surface area contributed by atoms with Crippen molar-refractivity contribution < 1.29 is 0 Å². The number of rotatable bonds is 4. The Hall–Kier alpha value is -0.840. The molecule has 2 rings (SSSR count). The summed E-state index contributed by atoms with van der Waals surface area (Å²) in [5, 5.41) is 4.96. The Balaban J connectivity index is 2.38. The van der Waals surface area contributed by atoms with Gasteiger partial charge in [0.2, 0.25) is 0 Å². The summed E-state index contributed by atoms with van der Waals surface area (Å²) in [6.45, 7) is 2.98. The van der Waals surface area contributed by atoms with E-state index in [-0.39, 0.29) is 6.04 Å². The number of nitrogens with two attached hydrogens (primary N) is 1. The third kappa shape index (κ3) is 2.76. The van der Waals surface area contributed by atoms with Crippen molar-refractivity contribution in [2.45, 2.75) is 25.9 Å². The Labute approximate surface area is 120 Å². The molecule has 0 fully saturated rings. The van der Waals surface area contributed by atoms with Crippen molar-refractivity contribution in [3.63, 3.8) is 0 Å². The molecule has 96 valence electrons. The van der Waals surface area contributed by atoms with Gasteiger partial charge in [0.05, 0.1) is 11.7 Å². The molecule has 18 heavy (non-hydrogen) atoms. The zero-order valence-electron chi connectivity index (χ0n) is 10.1. The summed E-state index contributed by atoms with van der Waals surface area (Å²) < 4.78 is 2.90. The molecule has 0 bridgehead atoms. The number of aromatic nitrogens is 2. The van der Waals surface area contributed by atoms with Gasteiger partial charge in [-0.2, -0.15) is 5.10 Å². The van der Waals surface area contributed by atoms with Crippen molar-refractivity contribution >= 4 is 27.5 Å². The van der Waals surface area contributed by atoms with Crippen LogP contribution in [0.2, 0.25) is 5.02 Å². The second kappa shape index (κ2) is 5.87. The van der Waals surface area contributed by atoms with E-state index in [0.717, 1.165) is 28.7 Å². The topological polar surface area (TPSA) is 43.8 Å². The maximum atomic E-state index is 6.30. The van der Waals surface area contributed by atoms with Crippen molar-refractivity contribution in [2.24, 2.45) is 5.73 Å². The number of halogens is 2. The Morgan fingerprint density at radius 2 is 2.22 bits per heavy atom. The van der Waals surface area contributed by atoms with Crippen LogP contribution in [0.5, 0.6) is 0 Å². The van der Waals surface area contributed by atoms with Crippen molar-refractivity contribution in [3.05, 3.63) is 51.2 Å². The van der Waals surface area contributed by atoms with Crippen LogP contribution in [0.4, 0.5) is 0 Å². The lowest BCUT2D eigenvalue weighted by Crippen LogP contribution is -2.18. The van der Waals surface area contributed by atoms with Crippen molar-refractivity contribution in [2.75, 3.05) is 0 Å². The van der Waals surface area contributed by atoms with Gasteiger partial charge < -0.3 is 5.73 Å². The second-order valence-electron chi connectivity index (χ2n) is 4.12. The zero-order valence-corrected chi connectivity index (χ0v) is 12.4. The minimum Gasteiger partial charge on any atom is -0.319 e. The average Bonchev–Trinajstić information content (AvgIpc) is 2.80. The number of benzene rings is 1. The molecule has 0 radical (unpaired) electrons. The first-order chi connectivity index (χ1) is 8.63. The molecule has 0 aliphatic carbocycles. The van der Waals surface area contributed by atoms with Crippen LogP contribution >= 0.6 is 27.5 Å². The molecular formula is C13H15BrClN3. The zero-order chi connectivity index (χ0) is 13.1. The first-order valence-corrected chi connectivity index (χ1v) is 7.02. The van der Waals surface area contributed by atoms with Crippen LogP contribution in [-0.2, 0) is 6.54 Å². The lowest BCUT2D eigenvalue weighted by atomic mass is 10.0. The molecule has 2 N–H and O–H groups in total. The normalized spacial score (nSPS) is 12.7. The highest BCUT2D eigenvalue weighted by atomic mass is 79.9. The molecule has 1 unspecified atom stereocenters. The molecule has 2 aromatic rings. The van der Waals surface area contributed by atoms with E-state index >= 15 is 0 Å². The predicted molar refractivity (Wildman–Crippen MR) is 77.7 cm³/mol. The van der Waals surface area contributed by atoms with E-state index in [1.165, 1.54) is 0 Å². The van der Waals surface area contributed by atoms with Crippen LogP contribution in [-0.4, -0.2) is 9.78 Å². The van der Waals surface area contributed by atoms with Gasteiger partial charge in [0.15, 0.2) is 0 Å². The standard InChI is InChI=1S/C13H15BrClN3/c1-2-7-18-12(5-6-17-18)13(16)10-8-9(14)3-4-11(10)15/h3-6,8,13H,2,7,16H2,1H3. The van der Waals surface area contributed by atoms with Crippen LogP contribution in [0.1, 0.15) is 30.6 Å². The molecule has 5 heteroatoms. The summed E-state index contributed by atoms with van der Waals surface area (Å²) in [5.74, 6) is 0. The van der Waals surface area contributed by atoms with E-state index in [0.29, 0.717) is 5.02 Å². The highest BCUT2D eigenvalue weighted by Crippen LogP contribution is 2.29. The molecule has 0 saturated carbocycles. The van der Waals surface area contributed by atoms with E-state index in [1.807, 2.05) is 28.9 Å². The molecule has 1 aromatic carbocycles. The molecular weight excluding hydrogens is 314 g/mol. The fourth-order valence-corrected chi connectivity index (χ4v) is 2.53. The lowest BCUT2D eigenvalue weighted by Gasteiger charge is -2.16. The molecule has 0 aliphatic heterocycles. The summed E-state index contributed by atoms with van der Waals surface area (Å²) in [4.78, 5) is 0. The van der Waals surface area contributed by atoms with Crippen molar-refractivity contribution in [3.8, 4) is 0 Å².